The summed E-state index contributed by atoms with van der Waals surface area (Å²) in [6.45, 7) is 1.30. The molecular formula is C21H23N3O2. The largest absolute Gasteiger partial charge is 0.497 e. The Labute approximate surface area is 154 Å². The number of carbonyl (C=O) groups is 1. The van der Waals surface area contributed by atoms with E-state index in [9.17, 15) is 10.1 Å². The number of fused-ring (bicyclic) bond motifs is 1. The van der Waals surface area contributed by atoms with Crippen molar-refractivity contribution in [2.45, 2.75) is 19.0 Å². The topological polar surface area (TPSA) is 56.6 Å². The van der Waals surface area contributed by atoms with E-state index in [0.717, 1.165) is 29.0 Å². The molecule has 1 amide bonds. The van der Waals surface area contributed by atoms with Gasteiger partial charge in [-0.1, -0.05) is 24.3 Å². The lowest BCUT2D eigenvalue weighted by Crippen LogP contribution is -2.29. The van der Waals surface area contributed by atoms with Crippen LogP contribution in [0.4, 0.5) is 0 Å². The Kier molecular flexibility index (Phi) is 5.24. The molecule has 2 aromatic carbocycles. The number of carbonyl (C=O) groups excluding carboxylic acids is 1. The average Bonchev–Trinajstić information content (AvgIpc) is 2.90. The van der Waals surface area contributed by atoms with Crippen LogP contribution in [0.25, 0.3) is 0 Å². The fourth-order valence-corrected chi connectivity index (χ4v) is 3.35. The number of methoxy groups -OCH3 is 1. The highest BCUT2D eigenvalue weighted by molar-refractivity contribution is 5.99. The van der Waals surface area contributed by atoms with E-state index >= 15 is 0 Å². The molecule has 3 rings (SSSR count). The third-order valence-corrected chi connectivity index (χ3v) is 4.64. The predicted octanol–water partition coefficient (Wildman–Crippen LogP) is 3.02. The number of rotatable bonds is 6. The monoisotopic (exact) mass is 349 g/mol. The highest BCUT2D eigenvalue weighted by atomic mass is 16.5. The maximum atomic E-state index is 12.8. The van der Waals surface area contributed by atoms with Gasteiger partial charge in [-0.05, 0) is 49.8 Å². The standard InChI is InChI=1S/C21H23N3O2/c1-23(2)14-16-6-9-18-19(12-16)20(13-22)24(21(18)25)11-10-15-4-7-17(26-3)8-5-15/h4-9,12,20H,10-11,14H2,1-3H3. The fraction of sp³-hybridized carbons (Fsp3) is 0.333. The summed E-state index contributed by atoms with van der Waals surface area (Å²) in [5, 5.41) is 9.67. The van der Waals surface area contributed by atoms with E-state index in [1.54, 1.807) is 12.0 Å². The van der Waals surface area contributed by atoms with Crippen LogP contribution in [0, 0.1) is 11.3 Å². The van der Waals surface area contributed by atoms with Crippen molar-refractivity contribution >= 4 is 5.91 Å². The van der Waals surface area contributed by atoms with E-state index < -0.39 is 6.04 Å². The molecule has 1 heterocycles. The van der Waals surface area contributed by atoms with Crippen molar-refractivity contribution in [2.75, 3.05) is 27.7 Å². The molecule has 1 atom stereocenters. The summed E-state index contributed by atoms with van der Waals surface area (Å²) >= 11 is 0. The van der Waals surface area contributed by atoms with Crippen LogP contribution in [-0.2, 0) is 13.0 Å². The summed E-state index contributed by atoms with van der Waals surface area (Å²) in [7, 11) is 5.64. The molecule has 2 aromatic rings. The average molecular weight is 349 g/mol. The van der Waals surface area contributed by atoms with Crippen LogP contribution in [0.2, 0.25) is 0 Å². The van der Waals surface area contributed by atoms with Crippen molar-refractivity contribution in [3.05, 3.63) is 64.7 Å². The quantitative estimate of drug-likeness (QED) is 0.804. The van der Waals surface area contributed by atoms with Crippen LogP contribution >= 0.6 is 0 Å². The highest BCUT2D eigenvalue weighted by Crippen LogP contribution is 2.34. The molecule has 0 bridgehead atoms. The summed E-state index contributed by atoms with van der Waals surface area (Å²) in [5.41, 5.74) is 3.69. The smallest absolute Gasteiger partial charge is 0.255 e. The van der Waals surface area contributed by atoms with Gasteiger partial charge in [-0.3, -0.25) is 4.79 Å². The first-order valence-electron chi connectivity index (χ1n) is 8.64. The molecular weight excluding hydrogens is 326 g/mol. The number of hydrogen-bond donors (Lipinski definition) is 0. The molecule has 1 unspecified atom stereocenters. The van der Waals surface area contributed by atoms with Gasteiger partial charge in [0.2, 0.25) is 0 Å². The van der Waals surface area contributed by atoms with Crippen LogP contribution in [0.15, 0.2) is 42.5 Å². The number of nitrogens with zero attached hydrogens (tertiary/aromatic N) is 3. The number of benzene rings is 2. The van der Waals surface area contributed by atoms with Crippen LogP contribution in [0.1, 0.15) is 33.1 Å². The molecule has 0 radical (unpaired) electrons. The lowest BCUT2D eigenvalue weighted by atomic mass is 10.0. The first kappa shape index (κ1) is 18.0. The normalized spacial score (nSPS) is 15.9. The van der Waals surface area contributed by atoms with E-state index in [0.29, 0.717) is 18.5 Å². The van der Waals surface area contributed by atoms with Crippen molar-refractivity contribution in [1.82, 2.24) is 9.80 Å². The molecule has 0 spiro atoms. The number of ether oxygens (including phenoxy) is 1. The van der Waals surface area contributed by atoms with Crippen molar-refractivity contribution in [1.29, 1.82) is 5.26 Å². The van der Waals surface area contributed by atoms with Gasteiger partial charge in [0.25, 0.3) is 5.91 Å². The lowest BCUT2D eigenvalue weighted by molar-refractivity contribution is 0.0759. The number of hydrogen-bond acceptors (Lipinski definition) is 4. The lowest BCUT2D eigenvalue weighted by Gasteiger charge is -2.20. The van der Waals surface area contributed by atoms with Crippen LogP contribution in [0.5, 0.6) is 5.75 Å². The van der Waals surface area contributed by atoms with E-state index in [1.165, 1.54) is 0 Å². The van der Waals surface area contributed by atoms with Gasteiger partial charge in [0.1, 0.15) is 11.8 Å². The summed E-state index contributed by atoms with van der Waals surface area (Å²) in [6, 6.07) is 15.4. The Bertz CT molecular complexity index is 837. The molecule has 0 saturated heterocycles. The van der Waals surface area contributed by atoms with Gasteiger partial charge < -0.3 is 14.5 Å². The molecule has 0 saturated carbocycles. The van der Waals surface area contributed by atoms with E-state index in [2.05, 4.69) is 11.0 Å². The van der Waals surface area contributed by atoms with Crippen LogP contribution in [-0.4, -0.2) is 43.5 Å². The summed E-state index contributed by atoms with van der Waals surface area (Å²) in [4.78, 5) is 16.5. The zero-order chi connectivity index (χ0) is 18.7. The molecule has 0 fully saturated rings. The van der Waals surface area contributed by atoms with Gasteiger partial charge in [-0.2, -0.15) is 5.26 Å². The molecule has 5 heteroatoms. The third-order valence-electron chi connectivity index (χ3n) is 4.64. The molecule has 26 heavy (non-hydrogen) atoms. The minimum atomic E-state index is -0.516. The zero-order valence-electron chi connectivity index (χ0n) is 15.4. The molecule has 0 aliphatic carbocycles. The van der Waals surface area contributed by atoms with Gasteiger partial charge in [0, 0.05) is 24.2 Å². The van der Waals surface area contributed by atoms with E-state index in [-0.39, 0.29) is 5.91 Å². The van der Waals surface area contributed by atoms with Gasteiger partial charge >= 0.3 is 0 Å². The zero-order valence-corrected chi connectivity index (χ0v) is 15.4. The summed E-state index contributed by atoms with van der Waals surface area (Å²) in [5.74, 6) is 0.748. The van der Waals surface area contributed by atoms with Gasteiger partial charge in [-0.15, -0.1) is 0 Å². The van der Waals surface area contributed by atoms with Crippen molar-refractivity contribution in [3.63, 3.8) is 0 Å². The van der Waals surface area contributed by atoms with E-state index in [4.69, 9.17) is 4.74 Å². The van der Waals surface area contributed by atoms with Gasteiger partial charge in [0.05, 0.1) is 13.2 Å². The maximum absolute atomic E-state index is 12.8. The van der Waals surface area contributed by atoms with Crippen LogP contribution < -0.4 is 4.74 Å². The van der Waals surface area contributed by atoms with Gasteiger partial charge in [-0.25, -0.2) is 0 Å². The first-order chi connectivity index (χ1) is 12.5. The molecule has 1 aliphatic heterocycles. The molecule has 5 nitrogen and oxygen atoms in total. The minimum absolute atomic E-state index is 0.0588. The Morgan fingerprint density at radius 1 is 1.15 bits per heavy atom. The highest BCUT2D eigenvalue weighted by Gasteiger charge is 2.36. The molecule has 1 aliphatic rings. The first-order valence-corrected chi connectivity index (χ1v) is 8.64. The SMILES string of the molecule is COc1ccc(CCN2C(=O)c3ccc(CN(C)C)cc3C2C#N)cc1. The number of nitriles is 1. The third kappa shape index (κ3) is 3.56. The maximum Gasteiger partial charge on any atom is 0.255 e. The summed E-state index contributed by atoms with van der Waals surface area (Å²) < 4.78 is 5.17. The second kappa shape index (κ2) is 7.59. The molecule has 0 N–H and O–H groups in total. The molecule has 134 valence electrons. The minimum Gasteiger partial charge on any atom is -0.497 e. The Morgan fingerprint density at radius 2 is 1.85 bits per heavy atom. The van der Waals surface area contributed by atoms with E-state index in [1.807, 2.05) is 56.6 Å². The van der Waals surface area contributed by atoms with Crippen molar-refractivity contribution in [2.24, 2.45) is 0 Å². The fourth-order valence-electron chi connectivity index (χ4n) is 3.35. The summed E-state index contributed by atoms with van der Waals surface area (Å²) in [6.07, 6.45) is 0.701. The number of amides is 1. The van der Waals surface area contributed by atoms with Crippen molar-refractivity contribution < 1.29 is 9.53 Å². The predicted molar refractivity (Wildman–Crippen MR) is 99.9 cm³/mol. The van der Waals surface area contributed by atoms with Gasteiger partial charge in [0.15, 0.2) is 0 Å². The second-order valence-electron chi connectivity index (χ2n) is 6.79. The Hall–Kier alpha value is -2.84. The Morgan fingerprint density at radius 3 is 2.46 bits per heavy atom. The second-order valence-corrected chi connectivity index (χ2v) is 6.79. The molecule has 0 aromatic heterocycles. The van der Waals surface area contributed by atoms with Crippen LogP contribution in [0.3, 0.4) is 0 Å². The van der Waals surface area contributed by atoms with Crippen molar-refractivity contribution in [3.8, 4) is 11.8 Å². The Balaban J connectivity index is 1.77.